The predicted octanol–water partition coefficient (Wildman–Crippen LogP) is 7.50. The zero-order chi connectivity index (χ0) is 45.5. The van der Waals surface area contributed by atoms with E-state index in [2.05, 4.69) is 84.7 Å². The average Bonchev–Trinajstić information content (AvgIpc) is 3.40. The van der Waals surface area contributed by atoms with Crippen molar-refractivity contribution in [2.24, 2.45) is 39.6 Å². The van der Waals surface area contributed by atoms with Crippen LogP contribution in [0.4, 0.5) is 19.0 Å². The van der Waals surface area contributed by atoms with Crippen molar-refractivity contribution in [3.8, 4) is 29.4 Å². The van der Waals surface area contributed by atoms with Crippen LogP contribution in [0.5, 0.6) is 11.5 Å². The van der Waals surface area contributed by atoms with Gasteiger partial charge in [-0.1, -0.05) is 57.1 Å². The molecule has 3 aromatic rings. The molecule has 2 aromatic carbocycles. The van der Waals surface area contributed by atoms with Gasteiger partial charge in [0, 0.05) is 74.6 Å². The molecule has 2 saturated carbocycles. The molecule has 4 fully saturated rings. The van der Waals surface area contributed by atoms with Crippen molar-refractivity contribution >= 4 is 53.2 Å². The molecule has 4 heterocycles. The summed E-state index contributed by atoms with van der Waals surface area (Å²) < 4.78 is 43.1. The summed E-state index contributed by atoms with van der Waals surface area (Å²) in [6.45, 7) is 9.19. The molecule has 6 atom stereocenters. The second-order valence-electron chi connectivity index (χ2n) is 17.2. The number of methoxy groups -OCH3 is 1. The first-order valence-corrected chi connectivity index (χ1v) is 22.4. The maximum absolute atomic E-state index is 12.6. The molecule has 1 aromatic heterocycles. The number of rotatable bonds is 6. The average molecular weight is 1020 g/mol. The maximum Gasteiger partial charge on any atom is 0.573 e. The number of phenolic OH excluding ortho intramolecular Hbond substituents is 1. The van der Waals surface area contributed by atoms with Gasteiger partial charge in [0.2, 0.25) is 0 Å². The number of nitrogens with zero attached hydrogens (tertiary/aromatic N) is 6. The number of nitriles is 1. The molecule has 3 aliphatic heterocycles. The smallest absolute Gasteiger partial charge is 0.508 e. The number of carbonyl (C=O) groups is 1. The number of nitrogens with one attached hydrogen (secondary N) is 1. The van der Waals surface area contributed by atoms with Crippen LogP contribution in [0.1, 0.15) is 94.3 Å². The van der Waals surface area contributed by atoms with Crippen LogP contribution in [0.2, 0.25) is 0 Å². The van der Waals surface area contributed by atoms with Crippen LogP contribution in [0.25, 0.3) is 0 Å². The largest absolute Gasteiger partial charge is 0.573 e. The van der Waals surface area contributed by atoms with Gasteiger partial charge in [0.25, 0.3) is 5.91 Å². The third-order valence-electron chi connectivity index (χ3n) is 12.4. The second kappa shape index (κ2) is 22.3. The van der Waals surface area contributed by atoms with Gasteiger partial charge in [-0.3, -0.25) is 14.7 Å². The van der Waals surface area contributed by atoms with Gasteiger partial charge in [0.1, 0.15) is 11.8 Å². The molecule has 13 nitrogen and oxygen atoms in total. The summed E-state index contributed by atoms with van der Waals surface area (Å²) in [6, 6.07) is 17.0. The Morgan fingerprint density at radius 2 is 1.73 bits per heavy atom. The Bertz CT molecular complexity index is 2170. The molecule has 0 bridgehead atoms. The number of nitrogens with two attached hydrogens (primary N) is 2. The summed E-state index contributed by atoms with van der Waals surface area (Å²) in [5, 5.41) is 29.8. The Morgan fingerprint density at radius 1 is 1.06 bits per heavy atom. The predicted molar refractivity (Wildman–Crippen MR) is 255 cm³/mol. The Morgan fingerprint density at radius 3 is 2.33 bits per heavy atom. The van der Waals surface area contributed by atoms with E-state index in [9.17, 15) is 18.0 Å². The van der Waals surface area contributed by atoms with Gasteiger partial charge in [-0.25, -0.2) is 0 Å². The summed E-state index contributed by atoms with van der Waals surface area (Å²) in [5.41, 5.74) is 16.8. The highest BCUT2D eigenvalue weighted by atomic mass is 127. The van der Waals surface area contributed by atoms with Crippen LogP contribution >= 0.6 is 35.7 Å². The van der Waals surface area contributed by atoms with Gasteiger partial charge in [0.05, 0.1) is 29.8 Å². The number of carbonyl (C=O) groups excluding carboxylic acids is 1. The lowest BCUT2D eigenvalue weighted by molar-refractivity contribution is -0.274. The van der Waals surface area contributed by atoms with Crippen molar-refractivity contribution in [2.45, 2.75) is 101 Å². The fraction of sp³-hybridized carbons (Fsp3) is 0.543. The molecule has 6 unspecified atom stereocenters. The molecule has 1 spiro atoms. The number of anilines is 1. The summed E-state index contributed by atoms with van der Waals surface area (Å²) in [4.78, 5) is 22.2. The maximum atomic E-state index is 12.6. The fourth-order valence-corrected chi connectivity index (χ4v) is 11.0. The minimum Gasteiger partial charge on any atom is -0.508 e. The molecular weight excluding hydrogens is 959 g/mol. The van der Waals surface area contributed by atoms with E-state index in [0.29, 0.717) is 40.7 Å². The number of fused-ring (bicyclic) bond motifs is 1. The normalized spacial score (nSPS) is 24.4. The van der Waals surface area contributed by atoms with Gasteiger partial charge in [-0.15, -0.1) is 59.1 Å². The molecule has 18 heteroatoms. The van der Waals surface area contributed by atoms with Crippen molar-refractivity contribution in [3.05, 3.63) is 77.0 Å². The minimum atomic E-state index is -4.88. The highest BCUT2D eigenvalue weighted by molar-refractivity contribution is 14.0. The summed E-state index contributed by atoms with van der Waals surface area (Å²) in [5.74, 6) is 7.82. The molecule has 0 radical (unpaired) electrons. The van der Waals surface area contributed by atoms with Gasteiger partial charge in [-0.2, -0.15) is 5.26 Å². The Balaban J connectivity index is 0.000000414. The fourth-order valence-electron chi connectivity index (χ4n) is 9.13. The Kier molecular flexibility index (Phi) is 17.7. The molecule has 6 N–H and O–H groups in total. The molecule has 5 aliphatic rings. The summed E-state index contributed by atoms with van der Waals surface area (Å²) in [7, 11) is 3.25. The molecule has 1 amide bonds. The van der Waals surface area contributed by atoms with Crippen LogP contribution in [0.3, 0.4) is 0 Å². The monoisotopic (exact) mass is 1020 g/mol. The highest BCUT2D eigenvalue weighted by Gasteiger charge is 2.52. The highest BCUT2D eigenvalue weighted by Crippen LogP contribution is 2.52. The number of thioether (sulfide) groups is 1. The van der Waals surface area contributed by atoms with Gasteiger partial charge >= 0.3 is 6.36 Å². The number of aromatic hydroxyl groups is 1. The van der Waals surface area contributed by atoms with E-state index in [0.717, 1.165) is 74.1 Å². The van der Waals surface area contributed by atoms with E-state index in [-0.39, 0.29) is 60.6 Å². The van der Waals surface area contributed by atoms with E-state index >= 15 is 0 Å². The second-order valence-corrected chi connectivity index (χ2v) is 18.7. The summed E-state index contributed by atoms with van der Waals surface area (Å²) >= 11 is 1.98. The first-order chi connectivity index (χ1) is 30.0. The molecular formula is C46H61F3IN9O4S. The van der Waals surface area contributed by atoms with Crippen molar-refractivity contribution in [3.63, 3.8) is 0 Å². The third-order valence-corrected chi connectivity index (χ3v) is 14.0. The van der Waals surface area contributed by atoms with Gasteiger partial charge < -0.3 is 36.3 Å². The van der Waals surface area contributed by atoms with E-state index in [1.807, 2.05) is 30.8 Å². The first-order valence-electron chi connectivity index (χ1n) is 21.4. The van der Waals surface area contributed by atoms with Crippen LogP contribution in [0, 0.1) is 46.3 Å². The zero-order valence-corrected chi connectivity index (χ0v) is 40.0. The lowest BCUT2D eigenvalue weighted by Crippen LogP contribution is -2.62. The standard InChI is InChI=1S/C36H48N8OS.C8H4F3NO2.C2H6O.HI.H2/c1-22-23(2)46-35-32(22)33(39-19-30(38)44(35)24(3)37)27-13-11-25(12-14-27)9-10-26-17-36(18-26)20-43(21-36)31-16-15-29(41-42-31)34(45)40-28-7-5-4-6-8-28;9-8(10,11)14-7-3-6(13)2-1-5(7)4-12;1-3-2;;/h11-16,22-24,26,28,30,32,35H,4-8,17-21,37-38H2,1-3H3,(H,40,45);1-3,13H;1-2H3;2*1H. The Labute approximate surface area is 396 Å². The molecule has 348 valence electrons. The van der Waals surface area contributed by atoms with Crippen LogP contribution < -0.4 is 26.4 Å². The first kappa shape index (κ1) is 50.8. The van der Waals surface area contributed by atoms with Gasteiger partial charge in [-0.05, 0) is 80.5 Å². The van der Waals surface area contributed by atoms with E-state index in [1.165, 1.54) is 30.9 Å². The number of aromatic nitrogens is 2. The van der Waals surface area contributed by atoms with E-state index < -0.39 is 17.9 Å². The number of alkyl halides is 3. The quantitative estimate of drug-likeness (QED) is 0.141. The number of hydrogen-bond donors (Lipinski definition) is 4. The number of phenols is 1. The van der Waals surface area contributed by atoms with Crippen LogP contribution in [-0.2, 0) is 4.74 Å². The molecule has 8 rings (SSSR count). The van der Waals surface area contributed by atoms with Crippen molar-refractivity contribution in [2.75, 3.05) is 38.8 Å². The number of ether oxygens (including phenoxy) is 2. The zero-order valence-electron chi connectivity index (χ0n) is 36.8. The SMILES string of the molecule is CC1SC2C(C(c3ccc(C#CC4CC5(C4)CN(c4ccc(C(=O)NC6CCCCC6)nn4)C5)cc3)=NCC(N)N2C(C)N)C1C.COC.I.N#Cc1ccc(O)cc1OC(F)(F)F.[HH]. The van der Waals surface area contributed by atoms with Crippen LogP contribution in [-0.4, -0.2) is 101 Å². The molecule has 64 heavy (non-hydrogen) atoms. The lowest BCUT2D eigenvalue weighted by atomic mass is 9.58. The number of halogens is 4. The minimum absolute atomic E-state index is 0. The lowest BCUT2D eigenvalue weighted by Gasteiger charge is -2.58. The van der Waals surface area contributed by atoms with Crippen molar-refractivity contribution in [1.82, 2.24) is 20.4 Å². The number of amides is 1. The van der Waals surface area contributed by atoms with E-state index in [1.54, 1.807) is 14.2 Å². The van der Waals surface area contributed by atoms with Crippen molar-refractivity contribution in [1.29, 1.82) is 5.26 Å². The third kappa shape index (κ3) is 12.6. The molecule has 2 saturated heterocycles. The number of hydrogen-bond acceptors (Lipinski definition) is 13. The Hall–Kier alpha value is -4.18. The summed E-state index contributed by atoms with van der Waals surface area (Å²) in [6.07, 6.45) is 2.83. The van der Waals surface area contributed by atoms with Crippen molar-refractivity contribution < 1.29 is 34.0 Å². The topological polar surface area (TPSA) is 188 Å². The molecule has 2 aliphatic carbocycles. The van der Waals surface area contributed by atoms with E-state index in [4.69, 9.17) is 26.8 Å². The van der Waals surface area contributed by atoms with Gasteiger partial charge in [0.15, 0.2) is 17.3 Å². The number of benzene rings is 2. The van der Waals surface area contributed by atoms with Crippen LogP contribution in [0.15, 0.2) is 59.6 Å². The number of aliphatic imine (C=N–C) groups is 1.